The number of nitrogens with one attached hydrogen (secondary N) is 2. The van der Waals surface area contributed by atoms with E-state index in [2.05, 4.69) is 16.4 Å². The van der Waals surface area contributed by atoms with E-state index >= 15 is 0 Å². The second-order valence-corrected chi connectivity index (χ2v) is 4.83. The Hall–Kier alpha value is -1.51. The highest BCUT2D eigenvalue weighted by Crippen LogP contribution is 2.20. The lowest BCUT2D eigenvalue weighted by Crippen LogP contribution is -2.24. The van der Waals surface area contributed by atoms with Crippen molar-refractivity contribution in [2.24, 2.45) is 0 Å². The first-order valence-electron chi connectivity index (χ1n) is 5.46. The van der Waals surface area contributed by atoms with Crippen molar-refractivity contribution in [1.82, 2.24) is 4.98 Å². The molecule has 0 atom stereocenters. The van der Waals surface area contributed by atoms with Crippen molar-refractivity contribution in [2.75, 3.05) is 11.9 Å². The second-order valence-electron chi connectivity index (χ2n) is 4.83. The van der Waals surface area contributed by atoms with Crippen LogP contribution in [0.1, 0.15) is 19.5 Å². The molecule has 2 nitrogen and oxygen atoms in total. The van der Waals surface area contributed by atoms with Crippen molar-refractivity contribution < 1.29 is 4.39 Å². The molecule has 0 aliphatic rings. The van der Waals surface area contributed by atoms with E-state index in [4.69, 9.17) is 0 Å². The van der Waals surface area contributed by atoms with E-state index in [0.29, 0.717) is 6.54 Å². The van der Waals surface area contributed by atoms with Gasteiger partial charge in [-0.1, -0.05) is 0 Å². The number of halogens is 1. The van der Waals surface area contributed by atoms with Crippen molar-refractivity contribution in [1.29, 1.82) is 0 Å². The Kier molecular flexibility index (Phi) is 2.62. The third-order valence-electron chi connectivity index (χ3n) is 2.47. The van der Waals surface area contributed by atoms with Gasteiger partial charge >= 0.3 is 0 Å². The molecule has 16 heavy (non-hydrogen) atoms. The molecule has 1 aromatic carbocycles. The molecule has 0 radical (unpaired) electrons. The van der Waals surface area contributed by atoms with Crippen molar-refractivity contribution in [3.05, 3.63) is 30.0 Å². The lowest BCUT2D eigenvalue weighted by molar-refractivity contribution is 0.235. The number of aromatic nitrogens is 1. The number of hydrogen-bond donors (Lipinski definition) is 2. The van der Waals surface area contributed by atoms with Gasteiger partial charge in [-0.15, -0.1) is 0 Å². The maximum Gasteiger partial charge on any atom is 0.122 e. The minimum atomic E-state index is -1.19. The van der Waals surface area contributed by atoms with E-state index in [1.165, 1.54) is 0 Å². The molecule has 0 saturated heterocycles. The van der Waals surface area contributed by atoms with Crippen LogP contribution in [0.25, 0.3) is 10.9 Å². The second kappa shape index (κ2) is 3.81. The Morgan fingerprint density at radius 2 is 2.06 bits per heavy atom. The predicted octanol–water partition coefficient (Wildman–Crippen LogP) is 3.64. The van der Waals surface area contributed by atoms with E-state index in [1.54, 1.807) is 13.8 Å². The summed E-state index contributed by atoms with van der Waals surface area (Å²) in [4.78, 5) is 3.26. The molecule has 0 spiro atoms. The van der Waals surface area contributed by atoms with Gasteiger partial charge in [0.05, 0.1) is 0 Å². The van der Waals surface area contributed by atoms with E-state index in [-0.39, 0.29) is 0 Å². The molecular formula is C13H17FN2. The molecule has 2 N–H and O–H groups in total. The smallest absolute Gasteiger partial charge is 0.122 e. The third kappa shape index (κ3) is 2.54. The third-order valence-corrected chi connectivity index (χ3v) is 2.47. The molecule has 0 aliphatic carbocycles. The summed E-state index contributed by atoms with van der Waals surface area (Å²) in [6.07, 6.45) is 0. The summed E-state index contributed by atoms with van der Waals surface area (Å²) in [5, 5.41) is 4.25. The summed E-state index contributed by atoms with van der Waals surface area (Å²) < 4.78 is 13.3. The number of hydrogen-bond acceptors (Lipinski definition) is 1. The number of alkyl halides is 1. The largest absolute Gasteiger partial charge is 0.382 e. The van der Waals surface area contributed by atoms with E-state index < -0.39 is 5.67 Å². The van der Waals surface area contributed by atoms with Crippen LogP contribution in [-0.2, 0) is 0 Å². The Morgan fingerprint density at radius 3 is 2.75 bits per heavy atom. The SMILES string of the molecule is Cc1cc2cc(NCC(C)(C)F)ccc2[nH]1. The molecule has 0 unspecified atom stereocenters. The topological polar surface area (TPSA) is 27.8 Å². The fourth-order valence-corrected chi connectivity index (χ4v) is 1.70. The monoisotopic (exact) mass is 220 g/mol. The number of H-pyrrole nitrogens is 1. The number of aromatic amines is 1. The van der Waals surface area contributed by atoms with Crippen LogP contribution >= 0.6 is 0 Å². The van der Waals surface area contributed by atoms with Crippen LogP contribution in [0.2, 0.25) is 0 Å². The zero-order valence-corrected chi connectivity index (χ0v) is 9.89. The van der Waals surface area contributed by atoms with Crippen LogP contribution < -0.4 is 5.32 Å². The maximum absolute atomic E-state index is 13.3. The normalized spacial score (nSPS) is 12.0. The van der Waals surface area contributed by atoms with Gasteiger partial charge in [-0.2, -0.15) is 0 Å². The number of fused-ring (bicyclic) bond motifs is 1. The molecule has 2 aromatic rings. The summed E-state index contributed by atoms with van der Waals surface area (Å²) >= 11 is 0. The number of rotatable bonds is 3. The fraction of sp³-hybridized carbons (Fsp3) is 0.385. The first-order valence-corrected chi connectivity index (χ1v) is 5.46. The lowest BCUT2D eigenvalue weighted by atomic mass is 10.1. The van der Waals surface area contributed by atoms with Gasteiger partial charge in [-0.3, -0.25) is 0 Å². The van der Waals surface area contributed by atoms with Gasteiger partial charge in [0.15, 0.2) is 0 Å². The molecule has 0 amide bonds. The molecule has 3 heteroatoms. The van der Waals surface area contributed by atoms with Gasteiger partial charge in [0.1, 0.15) is 5.67 Å². The minimum absolute atomic E-state index is 0.321. The van der Waals surface area contributed by atoms with Crippen molar-refractivity contribution >= 4 is 16.6 Å². The molecule has 0 fully saturated rings. The summed E-state index contributed by atoms with van der Waals surface area (Å²) in [7, 11) is 0. The standard InChI is InChI=1S/C13H17FN2/c1-9-6-10-7-11(4-5-12(10)16-9)15-8-13(2,3)14/h4-7,15-16H,8H2,1-3H3. The van der Waals surface area contributed by atoms with Crippen LogP contribution in [0.4, 0.5) is 10.1 Å². The molecule has 0 saturated carbocycles. The minimum Gasteiger partial charge on any atom is -0.382 e. The Labute approximate surface area is 94.9 Å². The van der Waals surface area contributed by atoms with Crippen LogP contribution in [-0.4, -0.2) is 17.2 Å². The van der Waals surface area contributed by atoms with Gasteiger partial charge < -0.3 is 10.3 Å². The fourth-order valence-electron chi connectivity index (χ4n) is 1.70. The van der Waals surface area contributed by atoms with E-state index in [9.17, 15) is 4.39 Å². The Bertz CT molecular complexity index is 494. The molecule has 86 valence electrons. The van der Waals surface area contributed by atoms with Gasteiger partial charge in [0, 0.05) is 28.8 Å². The van der Waals surface area contributed by atoms with Crippen molar-refractivity contribution in [3.8, 4) is 0 Å². The summed E-state index contributed by atoms with van der Waals surface area (Å²) in [5.41, 5.74) is 2.01. The average molecular weight is 220 g/mol. The Morgan fingerprint density at radius 1 is 1.31 bits per heavy atom. The molecule has 1 aromatic heterocycles. The highest BCUT2D eigenvalue weighted by molar-refractivity contribution is 5.83. The highest BCUT2D eigenvalue weighted by Gasteiger charge is 2.14. The van der Waals surface area contributed by atoms with E-state index in [0.717, 1.165) is 22.3 Å². The van der Waals surface area contributed by atoms with Gasteiger partial charge in [-0.05, 0) is 45.0 Å². The van der Waals surface area contributed by atoms with Crippen LogP contribution in [0.3, 0.4) is 0 Å². The maximum atomic E-state index is 13.3. The molecule has 2 rings (SSSR count). The van der Waals surface area contributed by atoms with Crippen molar-refractivity contribution in [3.63, 3.8) is 0 Å². The number of aryl methyl sites for hydroxylation is 1. The summed E-state index contributed by atoms with van der Waals surface area (Å²) in [5.74, 6) is 0. The molecule has 1 heterocycles. The first kappa shape index (κ1) is 11.0. The van der Waals surface area contributed by atoms with Crippen LogP contribution in [0.15, 0.2) is 24.3 Å². The predicted molar refractivity (Wildman–Crippen MR) is 66.7 cm³/mol. The van der Waals surface area contributed by atoms with Crippen molar-refractivity contribution in [2.45, 2.75) is 26.4 Å². The number of benzene rings is 1. The first-order chi connectivity index (χ1) is 7.44. The lowest BCUT2D eigenvalue weighted by Gasteiger charge is -2.15. The van der Waals surface area contributed by atoms with Crippen LogP contribution in [0.5, 0.6) is 0 Å². The number of anilines is 1. The molecule has 0 aliphatic heterocycles. The molecule has 0 bridgehead atoms. The average Bonchev–Trinajstić information content (AvgIpc) is 2.52. The molecular weight excluding hydrogens is 203 g/mol. The highest BCUT2D eigenvalue weighted by atomic mass is 19.1. The van der Waals surface area contributed by atoms with Gasteiger partial charge in [0.2, 0.25) is 0 Å². The zero-order chi connectivity index (χ0) is 11.8. The van der Waals surface area contributed by atoms with Crippen LogP contribution in [0, 0.1) is 6.92 Å². The quantitative estimate of drug-likeness (QED) is 0.812. The van der Waals surface area contributed by atoms with Gasteiger partial charge in [-0.25, -0.2) is 4.39 Å². The van der Waals surface area contributed by atoms with Gasteiger partial charge in [0.25, 0.3) is 0 Å². The zero-order valence-electron chi connectivity index (χ0n) is 9.89. The summed E-state index contributed by atoms with van der Waals surface area (Å²) in [6, 6.07) is 8.09. The Balaban J connectivity index is 2.19. The van der Waals surface area contributed by atoms with E-state index in [1.807, 2.05) is 25.1 Å². The summed E-state index contributed by atoms with van der Waals surface area (Å²) in [6.45, 7) is 5.48.